The summed E-state index contributed by atoms with van der Waals surface area (Å²) in [5.41, 5.74) is 7.50. The second kappa shape index (κ2) is 10.2. The number of nitrogens with two attached hydrogens (primary N) is 1. The second-order valence-corrected chi connectivity index (χ2v) is 8.94. The summed E-state index contributed by atoms with van der Waals surface area (Å²) in [5, 5.41) is 8.84. The van der Waals surface area contributed by atoms with Crippen molar-refractivity contribution in [2.24, 2.45) is 10.7 Å². The highest BCUT2D eigenvalue weighted by atomic mass is 16.5. The average Bonchev–Trinajstić information content (AvgIpc) is 3.09. The molecular weight excluding hydrogens is 444 g/mol. The zero-order valence-corrected chi connectivity index (χ0v) is 20.5. The third-order valence-corrected chi connectivity index (χ3v) is 7.29. The minimum atomic E-state index is -0.631. The van der Waals surface area contributed by atoms with Crippen molar-refractivity contribution >= 4 is 11.9 Å². The van der Waals surface area contributed by atoms with E-state index < -0.39 is 5.54 Å². The molecule has 0 radical (unpaired) electrons. The summed E-state index contributed by atoms with van der Waals surface area (Å²) in [4.78, 5) is 23.8. The Kier molecular flexibility index (Phi) is 7.12. The maximum Gasteiger partial charge on any atom is 0.244 e. The van der Waals surface area contributed by atoms with Crippen molar-refractivity contribution in [3.05, 3.63) is 59.7 Å². The van der Waals surface area contributed by atoms with Crippen LogP contribution >= 0.6 is 0 Å². The van der Waals surface area contributed by atoms with Crippen LogP contribution in [-0.4, -0.2) is 73.0 Å². The van der Waals surface area contributed by atoms with Gasteiger partial charge in [0.1, 0.15) is 23.2 Å². The molecule has 9 heteroatoms. The van der Waals surface area contributed by atoms with E-state index in [-0.39, 0.29) is 18.0 Å². The smallest absolute Gasteiger partial charge is 0.244 e. The van der Waals surface area contributed by atoms with Gasteiger partial charge in [-0.3, -0.25) is 9.69 Å². The Morgan fingerprint density at radius 3 is 2.20 bits per heavy atom. The molecule has 2 aliphatic rings. The van der Waals surface area contributed by atoms with Gasteiger partial charge in [-0.05, 0) is 61.7 Å². The number of piperidine rings is 1. The number of methoxy groups -OCH3 is 2. The number of benzene rings is 2. The lowest BCUT2D eigenvalue weighted by Crippen LogP contribution is -2.57. The minimum Gasteiger partial charge on any atom is -0.497 e. The lowest BCUT2D eigenvalue weighted by atomic mass is 9.86. The number of amides is 1. The van der Waals surface area contributed by atoms with Crippen LogP contribution in [0.4, 0.5) is 0 Å². The molecule has 0 aliphatic carbocycles. The van der Waals surface area contributed by atoms with Crippen molar-refractivity contribution in [1.29, 1.82) is 5.26 Å². The molecule has 2 saturated heterocycles. The summed E-state index contributed by atoms with van der Waals surface area (Å²) < 4.78 is 10.6. The molecule has 1 unspecified atom stereocenters. The van der Waals surface area contributed by atoms with Crippen LogP contribution in [0.25, 0.3) is 0 Å². The first-order chi connectivity index (χ1) is 16.9. The van der Waals surface area contributed by atoms with Gasteiger partial charge in [-0.1, -0.05) is 24.3 Å². The molecule has 2 aromatic carbocycles. The van der Waals surface area contributed by atoms with Crippen LogP contribution in [-0.2, 0) is 11.2 Å². The Morgan fingerprint density at radius 1 is 1.09 bits per heavy atom. The fourth-order valence-corrected chi connectivity index (χ4v) is 5.21. The van der Waals surface area contributed by atoms with E-state index in [1.165, 1.54) is 0 Å². The molecule has 2 heterocycles. The number of rotatable bonds is 6. The predicted octanol–water partition coefficient (Wildman–Crippen LogP) is 2.35. The molecule has 1 amide bonds. The first kappa shape index (κ1) is 24.4. The number of hydrogen-bond donors (Lipinski definition) is 1. The monoisotopic (exact) mass is 476 g/mol. The van der Waals surface area contributed by atoms with Crippen molar-refractivity contribution < 1.29 is 14.3 Å². The molecule has 1 atom stereocenters. The van der Waals surface area contributed by atoms with Gasteiger partial charge in [0.2, 0.25) is 18.1 Å². The Bertz CT molecular complexity index is 1100. The van der Waals surface area contributed by atoms with E-state index in [0.717, 1.165) is 29.0 Å². The molecule has 184 valence electrons. The zero-order valence-electron chi connectivity index (χ0n) is 20.5. The molecular formula is C26H32N6O3. The zero-order chi connectivity index (χ0) is 25.0. The number of guanidine groups is 1. The van der Waals surface area contributed by atoms with Gasteiger partial charge in [-0.2, -0.15) is 5.26 Å². The van der Waals surface area contributed by atoms with Crippen molar-refractivity contribution in [3.8, 4) is 17.7 Å². The Balaban J connectivity index is 1.60. The van der Waals surface area contributed by atoms with Crippen LogP contribution in [0.5, 0.6) is 11.5 Å². The number of carbonyl (C=O) groups excluding carboxylic acids is 1. The molecule has 35 heavy (non-hydrogen) atoms. The van der Waals surface area contributed by atoms with Crippen LogP contribution in [0.3, 0.4) is 0 Å². The fraction of sp³-hybridized carbons (Fsp3) is 0.423. The molecule has 9 nitrogen and oxygen atoms in total. The van der Waals surface area contributed by atoms with Crippen molar-refractivity contribution in [2.75, 3.05) is 40.9 Å². The third kappa shape index (κ3) is 4.62. The van der Waals surface area contributed by atoms with E-state index in [9.17, 15) is 4.79 Å². The Labute approximate surface area is 206 Å². The largest absolute Gasteiger partial charge is 0.497 e. The van der Waals surface area contributed by atoms with E-state index in [0.29, 0.717) is 32.5 Å². The molecule has 0 aromatic heterocycles. The van der Waals surface area contributed by atoms with Gasteiger partial charge in [0, 0.05) is 19.6 Å². The molecule has 2 aliphatic heterocycles. The van der Waals surface area contributed by atoms with Crippen molar-refractivity contribution in [3.63, 3.8) is 0 Å². The number of hydrogen-bond acceptors (Lipinski definition) is 6. The van der Waals surface area contributed by atoms with Crippen molar-refractivity contribution in [2.45, 2.75) is 31.0 Å². The number of likely N-dealkylation sites (tertiary alicyclic amines) is 1. The van der Waals surface area contributed by atoms with Crippen LogP contribution in [0, 0.1) is 11.5 Å². The van der Waals surface area contributed by atoms with Crippen LogP contribution in [0.15, 0.2) is 53.5 Å². The summed E-state index contributed by atoms with van der Waals surface area (Å²) in [6.45, 7) is 1.72. The van der Waals surface area contributed by atoms with E-state index in [2.05, 4.69) is 9.89 Å². The van der Waals surface area contributed by atoms with Gasteiger partial charge in [0.05, 0.1) is 14.2 Å². The van der Waals surface area contributed by atoms with E-state index >= 15 is 0 Å². The topological polar surface area (TPSA) is 107 Å². The maximum absolute atomic E-state index is 14.0. The molecule has 0 bridgehead atoms. The third-order valence-electron chi connectivity index (χ3n) is 7.29. The molecule has 2 N–H and O–H groups in total. The summed E-state index contributed by atoms with van der Waals surface area (Å²) in [6.07, 6.45) is 3.50. The molecule has 0 saturated carbocycles. The van der Waals surface area contributed by atoms with Crippen molar-refractivity contribution in [1.82, 2.24) is 14.7 Å². The summed E-state index contributed by atoms with van der Waals surface area (Å²) in [6, 6.07) is 15.9. The molecule has 1 spiro atoms. The Hall–Kier alpha value is -3.77. The number of likely N-dealkylation sites (N-methyl/N-ethyl adjacent to an activating group) is 1. The van der Waals surface area contributed by atoms with Crippen LogP contribution in [0.1, 0.15) is 30.1 Å². The lowest BCUT2D eigenvalue weighted by Gasteiger charge is -2.42. The molecule has 2 fully saturated rings. The number of ether oxygens (including phenoxy) is 2. The molecule has 2 aromatic rings. The number of nitrogens with zero attached hydrogens (tertiary/aromatic N) is 5. The first-order valence-corrected chi connectivity index (χ1v) is 11.7. The van der Waals surface area contributed by atoms with E-state index in [1.807, 2.05) is 65.4 Å². The number of aliphatic imine (C=N–C) groups is 1. The average molecular weight is 477 g/mol. The summed E-state index contributed by atoms with van der Waals surface area (Å²) in [7, 11) is 5.33. The van der Waals surface area contributed by atoms with Crippen LogP contribution in [0.2, 0.25) is 0 Å². The lowest BCUT2D eigenvalue weighted by molar-refractivity contribution is -0.135. The number of nitriles is 1. The van der Waals surface area contributed by atoms with Gasteiger partial charge < -0.3 is 25.0 Å². The summed E-state index contributed by atoms with van der Waals surface area (Å²) >= 11 is 0. The van der Waals surface area contributed by atoms with Gasteiger partial charge in [-0.15, -0.1) is 4.99 Å². The fourth-order valence-electron chi connectivity index (χ4n) is 5.21. The highest BCUT2D eigenvalue weighted by molar-refractivity contribution is 5.90. The normalized spacial score (nSPS) is 20.2. The first-order valence-electron chi connectivity index (χ1n) is 11.7. The van der Waals surface area contributed by atoms with Gasteiger partial charge in [-0.25, -0.2) is 0 Å². The summed E-state index contributed by atoms with van der Waals surface area (Å²) in [5.74, 6) is 1.93. The number of carbonyl (C=O) groups is 1. The maximum atomic E-state index is 14.0. The predicted molar refractivity (Wildman–Crippen MR) is 133 cm³/mol. The van der Waals surface area contributed by atoms with Gasteiger partial charge in [0.15, 0.2) is 0 Å². The highest BCUT2D eigenvalue weighted by Crippen LogP contribution is 2.44. The second-order valence-electron chi connectivity index (χ2n) is 8.94. The molecule has 4 rings (SSSR count). The highest BCUT2D eigenvalue weighted by Gasteiger charge is 2.56. The Morgan fingerprint density at radius 2 is 1.66 bits per heavy atom. The minimum absolute atomic E-state index is 0.129. The van der Waals surface area contributed by atoms with E-state index in [4.69, 9.17) is 20.5 Å². The van der Waals surface area contributed by atoms with Gasteiger partial charge >= 0.3 is 0 Å². The quantitative estimate of drug-likeness (QED) is 0.387. The SMILES string of the molecule is COc1ccc(CCN2C(=O)C3(CCN(/C(N)=N/C#N)CC3)N(C)C2c2ccc(OC)cc2)cc1. The van der Waals surface area contributed by atoms with Gasteiger partial charge in [0.25, 0.3) is 0 Å². The van der Waals surface area contributed by atoms with E-state index in [1.54, 1.807) is 20.4 Å². The standard InChI is InChI=1S/C26H32N6O3/c1-30-23(20-6-10-22(35-3)11-7-20)32(15-12-19-4-8-21(34-2)9-5-19)24(33)26(30)13-16-31(17-14-26)25(28)29-18-27/h4-11,23H,12-17H2,1-3H3,(H2,28,29). The van der Waals surface area contributed by atoms with Crippen LogP contribution < -0.4 is 15.2 Å².